The average molecular weight is 471 g/mol. The molecule has 0 fully saturated rings. The number of carbonyl (C=O) groups excluding carboxylic acids is 1. The van der Waals surface area contributed by atoms with Crippen LogP contribution in [0.5, 0.6) is 0 Å². The zero-order chi connectivity index (χ0) is 23.5. The van der Waals surface area contributed by atoms with Crippen molar-refractivity contribution in [3.63, 3.8) is 0 Å². The molecular weight excluding hydrogens is 444 g/mol. The van der Waals surface area contributed by atoms with Gasteiger partial charge in [-0.05, 0) is 74.2 Å². The van der Waals surface area contributed by atoms with E-state index in [-0.39, 0.29) is 27.4 Å². The number of rotatable bonds is 7. The van der Waals surface area contributed by atoms with Gasteiger partial charge in [-0.2, -0.15) is 0 Å². The first-order valence-electron chi connectivity index (χ1n) is 10.4. The van der Waals surface area contributed by atoms with Gasteiger partial charge in [0.2, 0.25) is 0 Å². The van der Waals surface area contributed by atoms with Crippen LogP contribution in [0.3, 0.4) is 0 Å². The molecular formula is C25H27ClN2O3S. The van der Waals surface area contributed by atoms with E-state index in [0.717, 1.165) is 22.3 Å². The molecule has 32 heavy (non-hydrogen) atoms. The summed E-state index contributed by atoms with van der Waals surface area (Å²) in [5, 5.41) is 3.03. The summed E-state index contributed by atoms with van der Waals surface area (Å²) in [5.41, 5.74) is 4.81. The molecule has 3 rings (SSSR count). The Kier molecular flexibility index (Phi) is 7.26. The highest BCUT2D eigenvalue weighted by atomic mass is 35.5. The summed E-state index contributed by atoms with van der Waals surface area (Å²) < 4.78 is 28.5. The van der Waals surface area contributed by atoms with Gasteiger partial charge < -0.3 is 5.32 Å². The molecule has 3 aromatic rings. The summed E-state index contributed by atoms with van der Waals surface area (Å²) in [7, 11) is -3.98. The first-order chi connectivity index (χ1) is 15.1. The van der Waals surface area contributed by atoms with E-state index < -0.39 is 10.0 Å². The van der Waals surface area contributed by atoms with E-state index in [1.807, 2.05) is 58.0 Å². The molecule has 0 aromatic heterocycles. The second-order valence-electron chi connectivity index (χ2n) is 7.89. The molecule has 2 N–H and O–H groups in total. The largest absolute Gasteiger partial charge is 0.345 e. The third kappa shape index (κ3) is 5.50. The number of hydrogen-bond donors (Lipinski definition) is 2. The van der Waals surface area contributed by atoms with Crippen molar-refractivity contribution in [2.45, 2.75) is 45.1 Å². The molecule has 168 valence electrons. The van der Waals surface area contributed by atoms with E-state index in [1.165, 1.54) is 18.2 Å². The zero-order valence-electron chi connectivity index (χ0n) is 18.6. The fourth-order valence-electron chi connectivity index (χ4n) is 3.33. The maximum Gasteiger partial charge on any atom is 0.263 e. The first-order valence-corrected chi connectivity index (χ1v) is 12.2. The SMILES string of the molecule is CC[C@@H](NC(=O)c1ccc(Cl)c(S(=O)(=O)Nc2ccc(C)c(C)c2)c1)c1ccc(C)cc1. The van der Waals surface area contributed by atoms with Gasteiger partial charge in [0.1, 0.15) is 4.90 Å². The summed E-state index contributed by atoms with van der Waals surface area (Å²) in [6.07, 6.45) is 0.696. The maximum absolute atomic E-state index is 13.0. The minimum atomic E-state index is -3.98. The van der Waals surface area contributed by atoms with Crippen molar-refractivity contribution < 1.29 is 13.2 Å². The number of halogens is 1. The van der Waals surface area contributed by atoms with Gasteiger partial charge in [-0.3, -0.25) is 9.52 Å². The molecule has 0 saturated heterocycles. The highest BCUT2D eigenvalue weighted by molar-refractivity contribution is 7.92. The van der Waals surface area contributed by atoms with Gasteiger partial charge in [0, 0.05) is 11.3 Å². The number of anilines is 1. The zero-order valence-corrected chi connectivity index (χ0v) is 20.1. The normalized spacial score (nSPS) is 12.3. The van der Waals surface area contributed by atoms with Gasteiger partial charge in [0.15, 0.2) is 0 Å². The lowest BCUT2D eigenvalue weighted by Gasteiger charge is -2.18. The number of sulfonamides is 1. The second kappa shape index (κ2) is 9.76. The van der Waals surface area contributed by atoms with Crippen LogP contribution in [0, 0.1) is 20.8 Å². The van der Waals surface area contributed by atoms with Gasteiger partial charge in [-0.1, -0.05) is 54.4 Å². The molecule has 0 bridgehead atoms. The molecule has 0 heterocycles. The van der Waals surface area contributed by atoms with Crippen molar-refractivity contribution >= 4 is 33.2 Å². The van der Waals surface area contributed by atoms with Crippen molar-refractivity contribution in [2.24, 2.45) is 0 Å². The number of aryl methyl sites for hydroxylation is 3. The van der Waals surface area contributed by atoms with Crippen LogP contribution in [-0.2, 0) is 10.0 Å². The summed E-state index contributed by atoms with van der Waals surface area (Å²) in [6, 6.07) is 17.3. The predicted octanol–water partition coefficient (Wildman–Crippen LogP) is 5.95. The lowest BCUT2D eigenvalue weighted by Crippen LogP contribution is -2.28. The Hall–Kier alpha value is -2.83. The molecule has 5 nitrogen and oxygen atoms in total. The third-order valence-corrected chi connectivity index (χ3v) is 7.30. The predicted molar refractivity (Wildman–Crippen MR) is 130 cm³/mol. The van der Waals surface area contributed by atoms with Crippen molar-refractivity contribution in [2.75, 3.05) is 4.72 Å². The van der Waals surface area contributed by atoms with Crippen LogP contribution in [0.1, 0.15) is 52.0 Å². The second-order valence-corrected chi connectivity index (χ2v) is 9.95. The van der Waals surface area contributed by atoms with Crippen LogP contribution in [0.4, 0.5) is 5.69 Å². The van der Waals surface area contributed by atoms with Crippen molar-refractivity contribution in [1.82, 2.24) is 5.32 Å². The fourth-order valence-corrected chi connectivity index (χ4v) is 4.90. The van der Waals surface area contributed by atoms with Gasteiger partial charge in [0.05, 0.1) is 11.1 Å². The van der Waals surface area contributed by atoms with Crippen LogP contribution in [0.25, 0.3) is 0 Å². The summed E-state index contributed by atoms with van der Waals surface area (Å²) >= 11 is 6.20. The molecule has 0 aliphatic carbocycles. The van der Waals surface area contributed by atoms with Gasteiger partial charge in [0.25, 0.3) is 15.9 Å². The minimum Gasteiger partial charge on any atom is -0.345 e. The van der Waals surface area contributed by atoms with E-state index in [1.54, 1.807) is 12.1 Å². The fraction of sp³-hybridized carbons (Fsp3) is 0.240. The van der Waals surface area contributed by atoms with Crippen LogP contribution in [0.2, 0.25) is 5.02 Å². The molecule has 3 aromatic carbocycles. The Morgan fingerprint density at radius 1 is 0.938 bits per heavy atom. The van der Waals surface area contributed by atoms with Crippen LogP contribution >= 0.6 is 11.6 Å². The lowest BCUT2D eigenvalue weighted by molar-refractivity contribution is 0.0935. The van der Waals surface area contributed by atoms with Gasteiger partial charge >= 0.3 is 0 Å². The Balaban J connectivity index is 1.85. The van der Waals surface area contributed by atoms with E-state index in [2.05, 4.69) is 10.0 Å². The number of hydrogen-bond acceptors (Lipinski definition) is 3. The topological polar surface area (TPSA) is 75.3 Å². The maximum atomic E-state index is 13.0. The Morgan fingerprint density at radius 3 is 2.25 bits per heavy atom. The van der Waals surface area contributed by atoms with Gasteiger partial charge in [-0.15, -0.1) is 0 Å². The van der Waals surface area contributed by atoms with E-state index >= 15 is 0 Å². The van der Waals surface area contributed by atoms with E-state index in [9.17, 15) is 13.2 Å². The van der Waals surface area contributed by atoms with E-state index in [0.29, 0.717) is 12.1 Å². The Bertz CT molecular complexity index is 1240. The highest BCUT2D eigenvalue weighted by Gasteiger charge is 2.22. The van der Waals surface area contributed by atoms with Crippen LogP contribution in [-0.4, -0.2) is 14.3 Å². The Morgan fingerprint density at radius 2 is 1.62 bits per heavy atom. The molecule has 0 radical (unpaired) electrons. The lowest BCUT2D eigenvalue weighted by atomic mass is 10.0. The standard InChI is InChI=1S/C25H27ClN2O3S/c1-5-23(19-9-6-16(2)7-10-19)27-25(29)20-11-13-22(26)24(15-20)32(30,31)28-21-12-8-17(3)18(4)14-21/h6-15,23,28H,5H2,1-4H3,(H,27,29)/t23-/m1/s1. The highest BCUT2D eigenvalue weighted by Crippen LogP contribution is 2.26. The van der Waals surface area contributed by atoms with E-state index in [4.69, 9.17) is 11.6 Å². The summed E-state index contributed by atoms with van der Waals surface area (Å²) in [6.45, 7) is 7.84. The average Bonchev–Trinajstić information content (AvgIpc) is 2.75. The quantitative estimate of drug-likeness (QED) is 0.448. The smallest absolute Gasteiger partial charge is 0.263 e. The summed E-state index contributed by atoms with van der Waals surface area (Å²) in [5.74, 6) is -0.364. The third-order valence-electron chi connectivity index (χ3n) is 5.44. The first kappa shape index (κ1) is 23.8. The number of nitrogens with one attached hydrogen (secondary N) is 2. The van der Waals surface area contributed by atoms with Crippen LogP contribution < -0.4 is 10.0 Å². The van der Waals surface area contributed by atoms with Crippen LogP contribution in [0.15, 0.2) is 65.6 Å². The monoisotopic (exact) mass is 470 g/mol. The molecule has 1 amide bonds. The molecule has 7 heteroatoms. The van der Waals surface area contributed by atoms with Crippen molar-refractivity contribution in [3.05, 3.63) is 93.5 Å². The number of amides is 1. The van der Waals surface area contributed by atoms with Gasteiger partial charge in [-0.25, -0.2) is 8.42 Å². The minimum absolute atomic E-state index is 0.0449. The number of benzene rings is 3. The Labute approximate surface area is 194 Å². The molecule has 0 aliphatic heterocycles. The molecule has 1 atom stereocenters. The molecule has 0 spiro atoms. The summed E-state index contributed by atoms with van der Waals surface area (Å²) in [4.78, 5) is 12.8. The van der Waals surface area contributed by atoms with Crippen molar-refractivity contribution in [3.8, 4) is 0 Å². The number of carbonyl (C=O) groups is 1. The molecule has 0 aliphatic rings. The molecule has 0 saturated carbocycles. The van der Waals surface area contributed by atoms with Crippen molar-refractivity contribution in [1.29, 1.82) is 0 Å². The molecule has 0 unspecified atom stereocenters.